The van der Waals surface area contributed by atoms with Crippen LogP contribution in [-0.4, -0.2) is 53.3 Å². The van der Waals surface area contributed by atoms with E-state index >= 15 is 0 Å². The van der Waals surface area contributed by atoms with Gasteiger partial charge in [0.2, 0.25) is 5.91 Å². The maximum Gasteiger partial charge on any atom is 0.324 e. The van der Waals surface area contributed by atoms with Crippen LogP contribution >= 0.6 is 0 Å². The molecule has 3 rings (SSSR count). The van der Waals surface area contributed by atoms with Crippen molar-refractivity contribution >= 4 is 17.8 Å². The lowest BCUT2D eigenvalue weighted by atomic mass is 10.0. The van der Waals surface area contributed by atoms with Crippen LogP contribution in [0.2, 0.25) is 0 Å². The summed E-state index contributed by atoms with van der Waals surface area (Å²) in [6.07, 6.45) is 1.12. The highest BCUT2D eigenvalue weighted by molar-refractivity contribution is 6.02. The van der Waals surface area contributed by atoms with E-state index in [1.165, 1.54) is 29.2 Å². The lowest BCUT2D eigenvalue weighted by molar-refractivity contribution is -0.127. The largest absolute Gasteiger partial charge is 0.338 e. The zero-order valence-electron chi connectivity index (χ0n) is 11.9. The number of urea groups is 1. The molecule has 2 saturated heterocycles. The minimum atomic E-state index is -0.381. The minimum Gasteiger partial charge on any atom is -0.338 e. The zero-order valence-corrected chi connectivity index (χ0v) is 11.9. The molecule has 0 unspecified atom stereocenters. The Morgan fingerprint density at radius 3 is 2.32 bits per heavy atom. The average Bonchev–Trinajstić information content (AvgIpc) is 2.86. The molecule has 1 aromatic carbocycles. The fourth-order valence-corrected chi connectivity index (χ4v) is 2.91. The summed E-state index contributed by atoms with van der Waals surface area (Å²) in [5, 5.41) is 2.50. The molecule has 0 spiro atoms. The molecule has 0 radical (unpaired) electrons. The number of hydrogen-bond acceptors (Lipinski definition) is 3. The van der Waals surface area contributed by atoms with Gasteiger partial charge in [0, 0.05) is 24.7 Å². The number of piperidine rings is 1. The summed E-state index contributed by atoms with van der Waals surface area (Å²) in [6.45, 7) is 0.990. The number of hydrogen-bond donors (Lipinski definition) is 1. The summed E-state index contributed by atoms with van der Waals surface area (Å²) in [4.78, 5) is 38.6. The van der Waals surface area contributed by atoms with Gasteiger partial charge in [-0.15, -0.1) is 0 Å². The van der Waals surface area contributed by atoms with Crippen LogP contribution in [0.4, 0.5) is 9.18 Å². The Morgan fingerprint density at radius 2 is 1.77 bits per heavy atom. The second-order valence-corrected chi connectivity index (χ2v) is 5.45. The number of carbonyl (C=O) groups is 3. The Balaban J connectivity index is 1.62. The van der Waals surface area contributed by atoms with Gasteiger partial charge in [0.1, 0.15) is 5.82 Å². The van der Waals surface area contributed by atoms with Crippen molar-refractivity contribution in [2.45, 2.75) is 18.9 Å². The molecule has 2 aliphatic rings. The van der Waals surface area contributed by atoms with Crippen LogP contribution in [0.15, 0.2) is 24.3 Å². The van der Waals surface area contributed by atoms with Crippen molar-refractivity contribution in [3.63, 3.8) is 0 Å². The molecule has 2 heterocycles. The third-order valence-corrected chi connectivity index (χ3v) is 4.09. The van der Waals surface area contributed by atoms with Crippen LogP contribution in [0, 0.1) is 5.82 Å². The molecule has 0 atom stereocenters. The van der Waals surface area contributed by atoms with E-state index in [4.69, 9.17) is 0 Å². The Labute approximate surface area is 126 Å². The third kappa shape index (κ3) is 2.66. The standard InChI is InChI=1S/C15H16FN3O3/c16-11-3-1-10(2-4-11)14(21)18-7-5-12(6-8-18)19-13(20)9-17-15(19)22/h1-4,12H,5-9H2,(H,17,22). The second kappa shape index (κ2) is 5.75. The molecule has 0 saturated carbocycles. The molecule has 1 aromatic rings. The van der Waals surface area contributed by atoms with E-state index in [0.717, 1.165) is 0 Å². The van der Waals surface area contributed by atoms with Gasteiger partial charge in [-0.25, -0.2) is 9.18 Å². The smallest absolute Gasteiger partial charge is 0.324 e. The number of amides is 4. The van der Waals surface area contributed by atoms with Gasteiger partial charge >= 0.3 is 6.03 Å². The number of imide groups is 1. The molecule has 6 nitrogen and oxygen atoms in total. The molecule has 1 N–H and O–H groups in total. The first-order valence-corrected chi connectivity index (χ1v) is 7.21. The van der Waals surface area contributed by atoms with Gasteiger partial charge in [-0.1, -0.05) is 0 Å². The Morgan fingerprint density at radius 1 is 1.14 bits per heavy atom. The van der Waals surface area contributed by atoms with E-state index in [9.17, 15) is 18.8 Å². The molecule has 0 aromatic heterocycles. The van der Waals surface area contributed by atoms with Crippen LogP contribution in [-0.2, 0) is 4.79 Å². The number of nitrogens with zero attached hydrogens (tertiary/aromatic N) is 2. The van der Waals surface area contributed by atoms with Gasteiger partial charge in [-0.3, -0.25) is 14.5 Å². The highest BCUT2D eigenvalue weighted by atomic mass is 19.1. The van der Waals surface area contributed by atoms with E-state index < -0.39 is 0 Å². The predicted molar refractivity (Wildman–Crippen MR) is 75.6 cm³/mol. The van der Waals surface area contributed by atoms with Crippen molar-refractivity contribution in [1.29, 1.82) is 0 Å². The SMILES string of the molecule is O=C(c1ccc(F)cc1)N1CCC(N2C(=O)CNC2=O)CC1. The fraction of sp³-hybridized carbons (Fsp3) is 0.400. The van der Waals surface area contributed by atoms with Gasteiger partial charge in [0.15, 0.2) is 0 Å². The van der Waals surface area contributed by atoms with Crippen molar-refractivity contribution in [2.75, 3.05) is 19.6 Å². The van der Waals surface area contributed by atoms with Crippen molar-refractivity contribution in [1.82, 2.24) is 15.1 Å². The third-order valence-electron chi connectivity index (χ3n) is 4.09. The summed E-state index contributed by atoms with van der Waals surface area (Å²) in [5.74, 6) is -0.752. The van der Waals surface area contributed by atoms with E-state index in [2.05, 4.69) is 5.32 Å². The molecule has 2 aliphatic heterocycles. The van der Waals surface area contributed by atoms with Crippen LogP contribution in [0.3, 0.4) is 0 Å². The quantitative estimate of drug-likeness (QED) is 0.828. The maximum absolute atomic E-state index is 12.9. The molecule has 0 bridgehead atoms. The maximum atomic E-state index is 12.9. The Hall–Kier alpha value is -2.44. The summed E-state index contributed by atoms with van der Waals surface area (Å²) in [6, 6.07) is 4.92. The van der Waals surface area contributed by atoms with Crippen LogP contribution < -0.4 is 5.32 Å². The van der Waals surface area contributed by atoms with Gasteiger partial charge in [0.25, 0.3) is 5.91 Å². The summed E-state index contributed by atoms with van der Waals surface area (Å²) < 4.78 is 12.9. The first-order chi connectivity index (χ1) is 10.6. The minimum absolute atomic E-state index is 0.0492. The highest BCUT2D eigenvalue weighted by Crippen LogP contribution is 2.20. The van der Waals surface area contributed by atoms with Crippen molar-refractivity contribution in [3.8, 4) is 0 Å². The van der Waals surface area contributed by atoms with E-state index in [1.54, 1.807) is 4.90 Å². The first-order valence-electron chi connectivity index (χ1n) is 7.21. The molecule has 2 fully saturated rings. The number of likely N-dealkylation sites (tertiary alicyclic amines) is 1. The zero-order chi connectivity index (χ0) is 15.7. The van der Waals surface area contributed by atoms with Gasteiger partial charge in [-0.05, 0) is 37.1 Å². The monoisotopic (exact) mass is 305 g/mol. The lowest BCUT2D eigenvalue weighted by Crippen LogP contribution is -2.49. The number of benzene rings is 1. The first kappa shape index (κ1) is 14.5. The summed E-state index contributed by atoms with van der Waals surface area (Å²) in [5.41, 5.74) is 0.440. The Kier molecular flexibility index (Phi) is 3.79. The normalized spacial score (nSPS) is 19.5. The second-order valence-electron chi connectivity index (χ2n) is 5.45. The average molecular weight is 305 g/mol. The Bertz CT molecular complexity index is 593. The van der Waals surface area contributed by atoms with Gasteiger partial charge < -0.3 is 10.2 Å². The van der Waals surface area contributed by atoms with E-state index in [0.29, 0.717) is 31.5 Å². The molecule has 22 heavy (non-hydrogen) atoms. The molecular formula is C15H16FN3O3. The fourth-order valence-electron chi connectivity index (χ4n) is 2.91. The van der Waals surface area contributed by atoms with Crippen LogP contribution in [0.25, 0.3) is 0 Å². The number of carbonyl (C=O) groups excluding carboxylic acids is 3. The topological polar surface area (TPSA) is 69.7 Å². The van der Waals surface area contributed by atoms with Gasteiger partial charge in [-0.2, -0.15) is 0 Å². The summed E-state index contributed by atoms with van der Waals surface area (Å²) in [7, 11) is 0. The van der Waals surface area contributed by atoms with Crippen molar-refractivity contribution in [3.05, 3.63) is 35.6 Å². The number of rotatable bonds is 2. The van der Waals surface area contributed by atoms with E-state index in [-0.39, 0.29) is 36.2 Å². The lowest BCUT2D eigenvalue weighted by Gasteiger charge is -2.35. The van der Waals surface area contributed by atoms with Crippen molar-refractivity contribution < 1.29 is 18.8 Å². The predicted octanol–water partition coefficient (Wildman–Crippen LogP) is 0.982. The molecule has 116 valence electrons. The number of halogens is 1. The van der Waals surface area contributed by atoms with Crippen LogP contribution in [0.5, 0.6) is 0 Å². The van der Waals surface area contributed by atoms with Crippen LogP contribution in [0.1, 0.15) is 23.2 Å². The highest BCUT2D eigenvalue weighted by Gasteiger charge is 2.37. The van der Waals surface area contributed by atoms with Gasteiger partial charge in [0.05, 0.1) is 6.54 Å². The molecule has 0 aliphatic carbocycles. The summed E-state index contributed by atoms with van der Waals surface area (Å²) >= 11 is 0. The van der Waals surface area contributed by atoms with Crippen molar-refractivity contribution in [2.24, 2.45) is 0 Å². The molecule has 7 heteroatoms. The molecule has 4 amide bonds. The number of nitrogens with one attached hydrogen (secondary N) is 1. The molecular weight excluding hydrogens is 289 g/mol. The van der Waals surface area contributed by atoms with E-state index in [1.807, 2.05) is 0 Å².